The number of nitrogens with zero attached hydrogens (tertiary/aromatic N) is 3. The van der Waals surface area contributed by atoms with E-state index in [1.807, 2.05) is 25.8 Å². The number of nitrogens with two attached hydrogens (primary N) is 1. The van der Waals surface area contributed by atoms with Crippen LogP contribution in [0.4, 0.5) is 5.82 Å². The Morgan fingerprint density at radius 3 is 2.59 bits per heavy atom. The molecule has 0 aliphatic heterocycles. The van der Waals surface area contributed by atoms with Gasteiger partial charge in [0.2, 0.25) is 0 Å². The third kappa shape index (κ3) is 3.10. The third-order valence-corrected chi connectivity index (χ3v) is 2.90. The Bertz CT molecular complexity index is 422. The monoisotopic (exact) mass is 254 g/mol. The summed E-state index contributed by atoms with van der Waals surface area (Å²) in [7, 11) is 1.89. The fourth-order valence-corrected chi connectivity index (χ4v) is 1.82. The number of aliphatic hydroxyl groups excluding tert-OH is 1. The number of aliphatic hydroxyl groups is 1. The smallest absolute Gasteiger partial charge is 0.161 e. The van der Waals surface area contributed by atoms with Gasteiger partial charge in [-0.1, -0.05) is 12.2 Å². The number of hydrogen-bond acceptors (Lipinski definition) is 5. The van der Waals surface area contributed by atoms with Crippen LogP contribution >= 0.6 is 12.2 Å². The molecule has 1 rings (SSSR count). The van der Waals surface area contributed by atoms with Crippen LogP contribution in [0.1, 0.15) is 23.2 Å². The zero-order chi connectivity index (χ0) is 13.0. The molecule has 94 valence electrons. The summed E-state index contributed by atoms with van der Waals surface area (Å²) in [5, 5.41) is 17.0. The highest BCUT2D eigenvalue weighted by atomic mass is 32.1. The van der Waals surface area contributed by atoms with Gasteiger partial charge in [-0.2, -0.15) is 5.10 Å². The molecule has 0 aromatic carbocycles. The minimum atomic E-state index is 0.144. The number of thiocarbonyl (C=S) groups is 1. The summed E-state index contributed by atoms with van der Waals surface area (Å²) in [4.78, 5) is 2.23. The maximum atomic E-state index is 8.83. The molecule has 3 N–H and O–H groups in total. The van der Waals surface area contributed by atoms with Gasteiger partial charge in [0.25, 0.3) is 0 Å². The van der Waals surface area contributed by atoms with Gasteiger partial charge >= 0.3 is 0 Å². The van der Waals surface area contributed by atoms with Crippen molar-refractivity contribution in [1.29, 1.82) is 0 Å². The molecule has 0 saturated heterocycles. The molecule has 0 amide bonds. The van der Waals surface area contributed by atoms with Crippen molar-refractivity contribution < 1.29 is 5.11 Å². The Morgan fingerprint density at radius 2 is 2.06 bits per heavy atom. The van der Waals surface area contributed by atoms with Gasteiger partial charge in [0.15, 0.2) is 5.82 Å². The Hall–Kier alpha value is -1.27. The number of anilines is 1. The van der Waals surface area contributed by atoms with E-state index in [1.165, 1.54) is 0 Å². The van der Waals surface area contributed by atoms with Gasteiger partial charge in [0.05, 0.1) is 11.3 Å². The topological polar surface area (TPSA) is 75.3 Å². The average molecular weight is 254 g/mol. The molecule has 6 heteroatoms. The second-order valence-electron chi connectivity index (χ2n) is 3.97. The van der Waals surface area contributed by atoms with Gasteiger partial charge < -0.3 is 15.7 Å². The van der Waals surface area contributed by atoms with E-state index in [-0.39, 0.29) is 6.61 Å². The Labute approximate surface area is 107 Å². The Kier molecular flexibility index (Phi) is 4.77. The van der Waals surface area contributed by atoms with Crippen LogP contribution in [0.5, 0.6) is 0 Å². The number of hydrogen-bond donors (Lipinski definition) is 2. The molecule has 1 heterocycles. The lowest BCUT2D eigenvalue weighted by molar-refractivity contribution is 0.290. The molecule has 1 aromatic heterocycles. The first kappa shape index (κ1) is 13.8. The van der Waals surface area contributed by atoms with Gasteiger partial charge in [-0.3, -0.25) is 0 Å². The maximum absolute atomic E-state index is 8.83. The zero-order valence-electron chi connectivity index (χ0n) is 10.4. The minimum Gasteiger partial charge on any atom is -0.396 e. The molecular formula is C11H18N4OS. The second-order valence-corrected chi connectivity index (χ2v) is 4.41. The molecule has 0 bridgehead atoms. The van der Waals surface area contributed by atoms with E-state index in [2.05, 4.69) is 10.2 Å². The molecule has 1 aromatic rings. The summed E-state index contributed by atoms with van der Waals surface area (Å²) in [5.41, 5.74) is 8.29. The summed E-state index contributed by atoms with van der Waals surface area (Å²) in [5.74, 6) is 0.675. The first-order chi connectivity index (χ1) is 7.99. The van der Waals surface area contributed by atoms with Crippen LogP contribution in [-0.2, 0) is 0 Å². The van der Waals surface area contributed by atoms with Gasteiger partial charge in [-0.15, -0.1) is 5.10 Å². The van der Waals surface area contributed by atoms with Crippen molar-refractivity contribution in [2.24, 2.45) is 5.73 Å². The molecule has 0 spiro atoms. The molecule has 0 fully saturated rings. The summed E-state index contributed by atoms with van der Waals surface area (Å²) in [6.45, 7) is 4.64. The third-order valence-electron chi connectivity index (χ3n) is 2.70. The molecule has 0 aliphatic rings. The van der Waals surface area contributed by atoms with E-state index < -0.39 is 0 Å². The number of aryl methyl sites for hydroxylation is 1. The van der Waals surface area contributed by atoms with E-state index in [1.54, 1.807) is 0 Å². The number of aromatic nitrogens is 2. The van der Waals surface area contributed by atoms with Crippen molar-refractivity contribution in [3.05, 3.63) is 16.8 Å². The van der Waals surface area contributed by atoms with Crippen molar-refractivity contribution in [3.63, 3.8) is 0 Å². The van der Waals surface area contributed by atoms with Crippen LogP contribution in [-0.4, -0.2) is 40.5 Å². The molecule has 0 aliphatic carbocycles. The lowest BCUT2D eigenvalue weighted by atomic mass is 10.1. The summed E-state index contributed by atoms with van der Waals surface area (Å²) in [6.07, 6.45) is 0.669. The SMILES string of the molecule is Cc1nnc(N(C)CCCO)c(C(N)=S)c1C. The standard InChI is InChI=1S/C11H18N4OS/c1-7-8(2)13-14-11(9(7)10(12)17)15(3)5-4-6-16/h16H,4-6H2,1-3H3,(H2,12,17). The predicted octanol–water partition coefficient (Wildman–Crippen LogP) is 0.546. The zero-order valence-corrected chi connectivity index (χ0v) is 11.2. The number of rotatable bonds is 5. The van der Waals surface area contributed by atoms with Crippen LogP contribution in [0.15, 0.2) is 0 Å². The van der Waals surface area contributed by atoms with Crippen molar-refractivity contribution in [2.75, 3.05) is 25.1 Å². The molecule has 17 heavy (non-hydrogen) atoms. The van der Waals surface area contributed by atoms with Crippen molar-refractivity contribution in [1.82, 2.24) is 10.2 Å². The summed E-state index contributed by atoms with van der Waals surface area (Å²) in [6, 6.07) is 0. The second kappa shape index (κ2) is 5.88. The van der Waals surface area contributed by atoms with Gasteiger partial charge in [-0.25, -0.2) is 0 Å². The van der Waals surface area contributed by atoms with Crippen LogP contribution in [0.25, 0.3) is 0 Å². The molecule has 0 radical (unpaired) electrons. The highest BCUT2D eigenvalue weighted by Crippen LogP contribution is 2.21. The molecule has 0 saturated carbocycles. The van der Waals surface area contributed by atoms with Crippen molar-refractivity contribution in [3.8, 4) is 0 Å². The van der Waals surface area contributed by atoms with Crippen LogP contribution in [0, 0.1) is 13.8 Å². The maximum Gasteiger partial charge on any atom is 0.161 e. The van der Waals surface area contributed by atoms with E-state index in [9.17, 15) is 0 Å². The fourth-order valence-electron chi connectivity index (χ4n) is 1.57. The van der Waals surface area contributed by atoms with E-state index in [0.29, 0.717) is 23.8 Å². The van der Waals surface area contributed by atoms with E-state index >= 15 is 0 Å². The highest BCUT2D eigenvalue weighted by molar-refractivity contribution is 7.80. The van der Waals surface area contributed by atoms with Gasteiger partial charge in [0.1, 0.15) is 4.99 Å². The lowest BCUT2D eigenvalue weighted by Crippen LogP contribution is -2.26. The molecule has 0 unspecified atom stereocenters. The van der Waals surface area contributed by atoms with Crippen LogP contribution in [0.2, 0.25) is 0 Å². The quantitative estimate of drug-likeness (QED) is 0.747. The van der Waals surface area contributed by atoms with Crippen LogP contribution in [0.3, 0.4) is 0 Å². The van der Waals surface area contributed by atoms with E-state index in [0.717, 1.165) is 16.8 Å². The van der Waals surface area contributed by atoms with Crippen molar-refractivity contribution in [2.45, 2.75) is 20.3 Å². The van der Waals surface area contributed by atoms with Crippen molar-refractivity contribution >= 4 is 23.0 Å². The lowest BCUT2D eigenvalue weighted by Gasteiger charge is -2.21. The van der Waals surface area contributed by atoms with Crippen LogP contribution < -0.4 is 10.6 Å². The first-order valence-electron chi connectivity index (χ1n) is 5.44. The highest BCUT2D eigenvalue weighted by Gasteiger charge is 2.16. The molecule has 5 nitrogen and oxygen atoms in total. The van der Waals surface area contributed by atoms with Gasteiger partial charge in [0, 0.05) is 20.2 Å². The minimum absolute atomic E-state index is 0.144. The van der Waals surface area contributed by atoms with E-state index in [4.69, 9.17) is 23.1 Å². The predicted molar refractivity (Wildman–Crippen MR) is 72.4 cm³/mol. The molecular weight excluding hydrogens is 236 g/mol. The normalized spacial score (nSPS) is 10.4. The largest absolute Gasteiger partial charge is 0.396 e. The Balaban J connectivity index is 3.15. The summed E-state index contributed by atoms with van der Waals surface area (Å²) >= 11 is 5.06. The molecule has 0 atom stereocenters. The first-order valence-corrected chi connectivity index (χ1v) is 5.85. The van der Waals surface area contributed by atoms with Gasteiger partial charge in [-0.05, 0) is 25.8 Å². The summed E-state index contributed by atoms with van der Waals surface area (Å²) < 4.78 is 0. The average Bonchev–Trinajstić information content (AvgIpc) is 2.28. The Morgan fingerprint density at radius 1 is 1.41 bits per heavy atom. The fraction of sp³-hybridized carbons (Fsp3) is 0.545.